The zero-order valence-corrected chi connectivity index (χ0v) is 9.24. The van der Waals surface area contributed by atoms with E-state index in [0.29, 0.717) is 18.8 Å². The third-order valence-corrected chi connectivity index (χ3v) is 2.91. The Morgan fingerprint density at radius 3 is 1.92 bits per heavy atom. The Morgan fingerprint density at radius 2 is 1.62 bits per heavy atom. The maximum absolute atomic E-state index is 12.9. The van der Waals surface area contributed by atoms with Crippen LogP contribution < -0.4 is 0 Å². The van der Waals surface area contributed by atoms with Crippen molar-refractivity contribution in [2.75, 3.05) is 0 Å². The summed E-state index contributed by atoms with van der Waals surface area (Å²) in [6, 6.07) is 0. The van der Waals surface area contributed by atoms with Gasteiger partial charge in [0, 0.05) is 5.92 Å². The largest absolute Gasteiger partial charge is 0.248 e. The number of hydrogen-bond acceptors (Lipinski definition) is 0. The van der Waals surface area contributed by atoms with E-state index in [1.54, 1.807) is 0 Å². The second-order valence-corrected chi connectivity index (χ2v) is 4.15. The summed E-state index contributed by atoms with van der Waals surface area (Å²) >= 11 is 0. The van der Waals surface area contributed by atoms with Crippen molar-refractivity contribution in [2.45, 2.75) is 59.3 Å². The Kier molecular flexibility index (Phi) is 5.50. The Hall–Kier alpha value is -0.140. The van der Waals surface area contributed by atoms with E-state index in [-0.39, 0.29) is 0 Å². The molecule has 0 amide bonds. The van der Waals surface area contributed by atoms with Gasteiger partial charge in [-0.15, -0.1) is 0 Å². The van der Waals surface area contributed by atoms with Crippen LogP contribution in [0.2, 0.25) is 0 Å². The zero-order valence-electron chi connectivity index (χ0n) is 9.24. The highest BCUT2D eigenvalue weighted by atomic mass is 19.3. The maximum atomic E-state index is 12.9. The average molecular weight is 192 g/mol. The molecule has 0 bridgehead atoms. The van der Waals surface area contributed by atoms with Crippen molar-refractivity contribution in [3.63, 3.8) is 0 Å². The van der Waals surface area contributed by atoms with Crippen LogP contribution in [0.4, 0.5) is 8.78 Å². The number of hydrogen-bond donors (Lipinski definition) is 0. The molecule has 0 saturated heterocycles. The van der Waals surface area contributed by atoms with Crippen LogP contribution in [0.15, 0.2) is 0 Å². The van der Waals surface area contributed by atoms with Gasteiger partial charge in [-0.3, -0.25) is 0 Å². The van der Waals surface area contributed by atoms with Crippen LogP contribution in [0.1, 0.15) is 53.4 Å². The zero-order chi connectivity index (χ0) is 10.5. The minimum absolute atomic E-state index is 0.429. The summed E-state index contributed by atoms with van der Waals surface area (Å²) in [6.45, 7) is 7.12. The maximum Gasteiger partial charge on any atom is 0.248 e. The molecule has 0 radical (unpaired) electrons. The van der Waals surface area contributed by atoms with Crippen molar-refractivity contribution < 1.29 is 8.78 Å². The fraction of sp³-hybridized carbons (Fsp3) is 1.00. The summed E-state index contributed by atoms with van der Waals surface area (Å²) in [4.78, 5) is 0. The standard InChI is InChI=1S/C11H22F2/c1-5-9(3)7-8-10(6-2)11(4,12)13/h9-10H,5-8H2,1-4H3. The molecule has 2 atom stereocenters. The second kappa shape index (κ2) is 5.56. The topological polar surface area (TPSA) is 0 Å². The van der Waals surface area contributed by atoms with E-state index in [0.717, 1.165) is 19.8 Å². The van der Waals surface area contributed by atoms with Gasteiger partial charge in [0.2, 0.25) is 5.92 Å². The molecule has 0 saturated carbocycles. The summed E-state index contributed by atoms with van der Waals surface area (Å²) in [5.41, 5.74) is 0. The van der Waals surface area contributed by atoms with Gasteiger partial charge in [-0.2, -0.15) is 0 Å². The molecule has 80 valence electrons. The fourth-order valence-electron chi connectivity index (χ4n) is 1.51. The fourth-order valence-corrected chi connectivity index (χ4v) is 1.51. The normalized spacial score (nSPS) is 17.1. The van der Waals surface area contributed by atoms with Gasteiger partial charge in [0.15, 0.2) is 0 Å². The first-order valence-corrected chi connectivity index (χ1v) is 5.29. The van der Waals surface area contributed by atoms with Crippen molar-refractivity contribution in [1.82, 2.24) is 0 Å². The van der Waals surface area contributed by atoms with Gasteiger partial charge in [0.1, 0.15) is 0 Å². The van der Waals surface area contributed by atoms with Crippen LogP contribution >= 0.6 is 0 Å². The number of alkyl halides is 2. The first kappa shape index (κ1) is 12.9. The summed E-state index contributed by atoms with van der Waals surface area (Å²) in [7, 11) is 0. The van der Waals surface area contributed by atoms with Gasteiger partial charge in [-0.25, -0.2) is 8.78 Å². The lowest BCUT2D eigenvalue weighted by Gasteiger charge is -2.23. The number of rotatable bonds is 6. The van der Waals surface area contributed by atoms with Gasteiger partial charge in [0.05, 0.1) is 0 Å². The van der Waals surface area contributed by atoms with Gasteiger partial charge < -0.3 is 0 Å². The molecule has 0 aromatic rings. The smallest absolute Gasteiger partial charge is 0.207 e. The Balaban J connectivity index is 3.86. The second-order valence-electron chi connectivity index (χ2n) is 4.15. The molecule has 0 heterocycles. The molecule has 0 N–H and O–H groups in total. The van der Waals surface area contributed by atoms with Gasteiger partial charge in [0.25, 0.3) is 0 Å². The molecule has 0 aliphatic rings. The molecule has 0 aliphatic heterocycles. The van der Waals surface area contributed by atoms with Crippen molar-refractivity contribution in [1.29, 1.82) is 0 Å². The van der Waals surface area contributed by atoms with E-state index < -0.39 is 11.8 Å². The van der Waals surface area contributed by atoms with E-state index in [4.69, 9.17) is 0 Å². The highest BCUT2D eigenvalue weighted by Crippen LogP contribution is 2.31. The van der Waals surface area contributed by atoms with Crippen LogP contribution in [0, 0.1) is 11.8 Å². The van der Waals surface area contributed by atoms with Crippen LogP contribution in [-0.2, 0) is 0 Å². The minimum atomic E-state index is -2.50. The van der Waals surface area contributed by atoms with E-state index in [1.807, 2.05) is 6.92 Å². The predicted octanol–water partition coefficient (Wildman–Crippen LogP) is 4.49. The lowest BCUT2D eigenvalue weighted by Crippen LogP contribution is -2.24. The molecule has 2 heteroatoms. The molecule has 0 aromatic carbocycles. The highest BCUT2D eigenvalue weighted by molar-refractivity contribution is 4.71. The van der Waals surface area contributed by atoms with E-state index >= 15 is 0 Å². The molecular weight excluding hydrogens is 170 g/mol. The molecule has 0 spiro atoms. The van der Waals surface area contributed by atoms with Gasteiger partial charge in [-0.1, -0.05) is 33.6 Å². The Bertz CT molecular complexity index is 127. The third-order valence-electron chi connectivity index (χ3n) is 2.91. The average Bonchev–Trinajstić information content (AvgIpc) is 2.02. The first-order valence-electron chi connectivity index (χ1n) is 5.29. The van der Waals surface area contributed by atoms with E-state index in [9.17, 15) is 8.78 Å². The van der Waals surface area contributed by atoms with Crippen LogP contribution in [0.5, 0.6) is 0 Å². The molecule has 0 aliphatic carbocycles. The van der Waals surface area contributed by atoms with E-state index in [2.05, 4.69) is 13.8 Å². The molecule has 0 aromatic heterocycles. The predicted molar refractivity (Wildman–Crippen MR) is 53.1 cm³/mol. The summed E-state index contributed by atoms with van der Waals surface area (Å²) < 4.78 is 25.9. The van der Waals surface area contributed by atoms with Crippen molar-refractivity contribution in [3.8, 4) is 0 Å². The molecular formula is C11H22F2. The lowest BCUT2D eigenvalue weighted by atomic mass is 9.90. The van der Waals surface area contributed by atoms with Gasteiger partial charge in [-0.05, 0) is 25.7 Å². The molecule has 2 unspecified atom stereocenters. The molecule has 0 nitrogen and oxygen atoms in total. The van der Waals surface area contributed by atoms with Crippen LogP contribution in [-0.4, -0.2) is 5.92 Å². The first-order chi connectivity index (χ1) is 5.91. The molecule has 0 fully saturated rings. The quantitative estimate of drug-likeness (QED) is 0.581. The highest BCUT2D eigenvalue weighted by Gasteiger charge is 2.31. The Morgan fingerprint density at radius 1 is 1.08 bits per heavy atom. The van der Waals surface area contributed by atoms with Crippen molar-refractivity contribution >= 4 is 0 Å². The number of halogens is 2. The SMILES string of the molecule is CCC(C)CCC(CC)C(C)(F)F. The lowest BCUT2D eigenvalue weighted by molar-refractivity contribution is -0.0459. The molecule has 0 rings (SSSR count). The monoisotopic (exact) mass is 192 g/mol. The summed E-state index contributed by atoms with van der Waals surface area (Å²) in [5, 5.41) is 0. The summed E-state index contributed by atoms with van der Waals surface area (Å²) in [6.07, 6.45) is 3.26. The van der Waals surface area contributed by atoms with Crippen molar-refractivity contribution in [3.05, 3.63) is 0 Å². The van der Waals surface area contributed by atoms with Gasteiger partial charge >= 0.3 is 0 Å². The third kappa shape index (κ3) is 5.22. The van der Waals surface area contributed by atoms with Crippen LogP contribution in [0.25, 0.3) is 0 Å². The Labute approximate surface area is 80.7 Å². The minimum Gasteiger partial charge on any atom is -0.207 e. The van der Waals surface area contributed by atoms with E-state index in [1.165, 1.54) is 0 Å². The van der Waals surface area contributed by atoms with Crippen LogP contribution in [0.3, 0.4) is 0 Å². The molecule has 13 heavy (non-hydrogen) atoms. The summed E-state index contributed by atoms with van der Waals surface area (Å²) in [5.74, 6) is -2.35. The van der Waals surface area contributed by atoms with Crippen molar-refractivity contribution in [2.24, 2.45) is 11.8 Å².